The van der Waals surface area contributed by atoms with Crippen molar-refractivity contribution in [2.75, 3.05) is 0 Å². The van der Waals surface area contributed by atoms with E-state index in [1.807, 2.05) is 0 Å². The lowest BCUT2D eigenvalue weighted by Gasteiger charge is -2.53. The fourth-order valence-electron chi connectivity index (χ4n) is 5.08. The van der Waals surface area contributed by atoms with Gasteiger partial charge in [-0.1, -0.05) is 54.3 Å². The highest BCUT2D eigenvalue weighted by Crippen LogP contribution is 2.45. The molecule has 0 rings (SSSR count). The lowest BCUT2D eigenvalue weighted by molar-refractivity contribution is 0.0286. The van der Waals surface area contributed by atoms with Crippen molar-refractivity contribution in [1.82, 2.24) is 0 Å². The van der Waals surface area contributed by atoms with Gasteiger partial charge in [-0.2, -0.15) is 0 Å². The molecule has 0 aliphatic heterocycles. The SMILES string of the molecule is CCC(CC)(O[SiH](C)C(C)O[Si](C)(C)C)C(C)[Si](C)(C)OC(CC)(CC)[Si](C)(C)C. The molecule has 0 heterocycles. The van der Waals surface area contributed by atoms with Gasteiger partial charge < -0.3 is 13.3 Å². The molecular weight excluding hydrogens is 437 g/mol. The topological polar surface area (TPSA) is 27.7 Å². The molecule has 0 aromatic carbocycles. The van der Waals surface area contributed by atoms with Crippen molar-refractivity contribution in [2.24, 2.45) is 0 Å². The van der Waals surface area contributed by atoms with Crippen molar-refractivity contribution in [3.05, 3.63) is 0 Å². The van der Waals surface area contributed by atoms with Crippen LogP contribution < -0.4 is 0 Å². The van der Waals surface area contributed by atoms with Crippen LogP contribution in [0, 0.1) is 0 Å². The van der Waals surface area contributed by atoms with Crippen LogP contribution in [0.2, 0.25) is 64.5 Å². The first-order valence-electron chi connectivity index (χ1n) is 12.4. The van der Waals surface area contributed by atoms with Crippen molar-refractivity contribution in [3.8, 4) is 0 Å². The molecule has 0 aliphatic carbocycles. The summed E-state index contributed by atoms with van der Waals surface area (Å²) in [6.07, 6.45) is 4.31. The Bertz CT molecular complexity index is 504. The van der Waals surface area contributed by atoms with Crippen molar-refractivity contribution < 1.29 is 13.3 Å². The van der Waals surface area contributed by atoms with Gasteiger partial charge in [-0.05, 0) is 71.9 Å². The third-order valence-electron chi connectivity index (χ3n) is 7.62. The molecule has 3 atom stereocenters. The Morgan fingerprint density at radius 2 is 1.20 bits per heavy atom. The summed E-state index contributed by atoms with van der Waals surface area (Å²) in [6.45, 7) is 35.4. The zero-order valence-corrected chi connectivity index (χ0v) is 27.4. The second-order valence-electron chi connectivity index (χ2n) is 11.9. The van der Waals surface area contributed by atoms with Crippen LogP contribution in [0.3, 0.4) is 0 Å². The molecule has 0 fully saturated rings. The highest BCUT2D eigenvalue weighted by atomic mass is 28.4. The van der Waals surface area contributed by atoms with Crippen LogP contribution in [-0.4, -0.2) is 50.3 Å². The van der Waals surface area contributed by atoms with Gasteiger partial charge in [0.25, 0.3) is 0 Å². The van der Waals surface area contributed by atoms with Gasteiger partial charge in [0.05, 0.1) is 19.4 Å². The second-order valence-corrected chi connectivity index (χ2v) is 28.6. The summed E-state index contributed by atoms with van der Waals surface area (Å²) in [6, 6.07) is 0. The maximum absolute atomic E-state index is 7.29. The van der Waals surface area contributed by atoms with Crippen LogP contribution in [0.5, 0.6) is 0 Å². The maximum atomic E-state index is 7.29. The van der Waals surface area contributed by atoms with Gasteiger partial charge in [0.2, 0.25) is 9.04 Å². The molecule has 0 spiro atoms. The lowest BCUT2D eigenvalue weighted by atomic mass is 9.94. The lowest BCUT2D eigenvalue weighted by Crippen LogP contribution is -2.62. The van der Waals surface area contributed by atoms with E-state index in [4.69, 9.17) is 13.3 Å². The summed E-state index contributed by atoms with van der Waals surface area (Å²) < 4.78 is 20.8. The Balaban J connectivity index is 5.86. The molecule has 0 aromatic heterocycles. The second kappa shape index (κ2) is 11.2. The zero-order chi connectivity index (χ0) is 24.2. The Morgan fingerprint density at radius 3 is 1.50 bits per heavy atom. The number of rotatable bonds is 14. The van der Waals surface area contributed by atoms with E-state index in [1.165, 1.54) is 0 Å². The molecule has 0 radical (unpaired) electrons. The molecule has 0 aromatic rings. The first kappa shape index (κ1) is 30.7. The minimum absolute atomic E-state index is 0.0570. The molecule has 7 heteroatoms. The smallest absolute Gasteiger partial charge is 0.201 e. The molecule has 0 aliphatic rings. The molecule has 0 amide bonds. The molecule has 0 saturated carbocycles. The van der Waals surface area contributed by atoms with E-state index in [9.17, 15) is 0 Å². The average molecular weight is 493 g/mol. The van der Waals surface area contributed by atoms with E-state index in [1.54, 1.807) is 0 Å². The van der Waals surface area contributed by atoms with E-state index in [0.717, 1.165) is 25.7 Å². The van der Waals surface area contributed by atoms with Gasteiger partial charge in [-0.3, -0.25) is 0 Å². The van der Waals surface area contributed by atoms with Crippen LogP contribution in [0.4, 0.5) is 0 Å². The maximum Gasteiger partial charge on any atom is 0.201 e. The minimum atomic E-state index is -2.02. The average Bonchev–Trinajstić information content (AvgIpc) is 2.61. The quantitative estimate of drug-likeness (QED) is 0.232. The Labute approximate surface area is 195 Å². The molecule has 182 valence electrons. The zero-order valence-electron chi connectivity index (χ0n) is 23.3. The Hall–Kier alpha value is 0.748. The van der Waals surface area contributed by atoms with E-state index >= 15 is 0 Å². The molecule has 3 unspecified atom stereocenters. The first-order valence-corrected chi connectivity index (χ1v) is 24.6. The van der Waals surface area contributed by atoms with Crippen LogP contribution >= 0.6 is 0 Å². The predicted octanol–water partition coefficient (Wildman–Crippen LogP) is 7.74. The van der Waals surface area contributed by atoms with Crippen molar-refractivity contribution in [1.29, 1.82) is 0 Å². The molecule has 0 bridgehead atoms. The molecular formula is C23H56O3Si4. The minimum Gasteiger partial charge on any atom is -0.416 e. The van der Waals surface area contributed by atoms with E-state index in [2.05, 4.69) is 100 Å². The molecule has 30 heavy (non-hydrogen) atoms. The van der Waals surface area contributed by atoms with Gasteiger partial charge in [-0.25, -0.2) is 0 Å². The van der Waals surface area contributed by atoms with E-state index in [-0.39, 0.29) is 16.6 Å². The Morgan fingerprint density at radius 1 is 0.767 bits per heavy atom. The van der Waals surface area contributed by atoms with Crippen molar-refractivity contribution in [3.63, 3.8) is 0 Å². The molecule has 3 nitrogen and oxygen atoms in total. The van der Waals surface area contributed by atoms with Crippen LogP contribution in [0.15, 0.2) is 0 Å². The van der Waals surface area contributed by atoms with Crippen LogP contribution in [0.25, 0.3) is 0 Å². The number of hydrogen-bond donors (Lipinski definition) is 0. The first-order chi connectivity index (χ1) is 13.4. The van der Waals surface area contributed by atoms with Gasteiger partial charge in [0.1, 0.15) is 0 Å². The summed E-state index contributed by atoms with van der Waals surface area (Å²) >= 11 is 0. The van der Waals surface area contributed by atoms with Crippen molar-refractivity contribution in [2.45, 2.75) is 148 Å². The summed E-state index contributed by atoms with van der Waals surface area (Å²) in [5, 5.41) is 0.0570. The van der Waals surface area contributed by atoms with Gasteiger partial charge in [0.15, 0.2) is 16.6 Å². The van der Waals surface area contributed by atoms with Gasteiger partial charge in [0, 0.05) is 10.8 Å². The third kappa shape index (κ3) is 7.66. The summed E-state index contributed by atoms with van der Waals surface area (Å²) in [5.74, 6) is 0. The summed E-state index contributed by atoms with van der Waals surface area (Å²) in [7, 11) is -6.56. The molecule has 0 N–H and O–H groups in total. The molecule has 0 saturated heterocycles. The highest BCUT2D eigenvalue weighted by molar-refractivity contribution is 6.81. The predicted molar refractivity (Wildman–Crippen MR) is 146 cm³/mol. The van der Waals surface area contributed by atoms with E-state index in [0.29, 0.717) is 5.54 Å². The fraction of sp³-hybridized carbons (Fsp3) is 1.00. The van der Waals surface area contributed by atoms with Gasteiger partial charge >= 0.3 is 0 Å². The van der Waals surface area contributed by atoms with Crippen LogP contribution in [0.1, 0.15) is 67.2 Å². The third-order valence-corrected chi connectivity index (χ3v) is 18.5. The van der Waals surface area contributed by atoms with E-state index < -0.39 is 33.7 Å². The van der Waals surface area contributed by atoms with Gasteiger partial charge in [-0.15, -0.1) is 0 Å². The standard InChI is InChI=1S/C23H56O3Si4/c1-16-22(17-2,25-27(7)21(6)24-29(11,12)13)20(5)30(14,15)26-23(18-3,19-4)28(8,9)10/h20-21,27H,16-19H2,1-15H3. The summed E-state index contributed by atoms with van der Waals surface area (Å²) in [4.78, 5) is 0. The normalized spacial score (nSPS) is 17.7. The highest BCUT2D eigenvalue weighted by Gasteiger charge is 2.52. The fourth-order valence-corrected chi connectivity index (χ4v) is 17.1. The Kier molecular flexibility index (Phi) is 11.5. The summed E-state index contributed by atoms with van der Waals surface area (Å²) in [5.41, 5.74) is 0.577. The number of hydrogen-bond acceptors (Lipinski definition) is 3. The largest absolute Gasteiger partial charge is 0.416 e. The van der Waals surface area contributed by atoms with Crippen LogP contribution in [-0.2, 0) is 13.3 Å². The monoisotopic (exact) mass is 492 g/mol. The van der Waals surface area contributed by atoms with Crippen molar-refractivity contribution >= 4 is 33.7 Å².